The van der Waals surface area contributed by atoms with Crippen molar-refractivity contribution in [2.75, 3.05) is 33.9 Å². The molecule has 2 heterocycles. The molecule has 0 saturated carbocycles. The molecule has 0 aromatic carbocycles. The average molecular weight is 255 g/mol. The number of nitrogens with one attached hydrogen (secondary N) is 1. The first kappa shape index (κ1) is 13.0. The van der Waals surface area contributed by atoms with Gasteiger partial charge in [0, 0.05) is 32.1 Å². The molecule has 1 aromatic heterocycles. The fourth-order valence-electron chi connectivity index (χ4n) is 2.31. The Balaban J connectivity index is 1.80. The van der Waals surface area contributed by atoms with Crippen LogP contribution >= 0.6 is 11.3 Å². The summed E-state index contributed by atoms with van der Waals surface area (Å²) >= 11 is 1.74. The van der Waals surface area contributed by atoms with Crippen LogP contribution in [0.3, 0.4) is 0 Å². The highest BCUT2D eigenvalue weighted by atomic mass is 32.1. The lowest BCUT2D eigenvalue weighted by Gasteiger charge is -2.14. The van der Waals surface area contributed by atoms with Gasteiger partial charge >= 0.3 is 0 Å². The molecular formula is C12H21N3OS. The van der Waals surface area contributed by atoms with Crippen molar-refractivity contribution in [2.45, 2.75) is 19.5 Å². The van der Waals surface area contributed by atoms with Crippen LogP contribution in [0.5, 0.6) is 0 Å². The van der Waals surface area contributed by atoms with Crippen molar-refractivity contribution in [3.05, 3.63) is 16.1 Å². The van der Waals surface area contributed by atoms with E-state index in [4.69, 9.17) is 4.74 Å². The molecular weight excluding hydrogens is 234 g/mol. The van der Waals surface area contributed by atoms with Gasteiger partial charge in [0.05, 0.1) is 12.3 Å². The molecule has 1 atom stereocenters. The van der Waals surface area contributed by atoms with Crippen LogP contribution in [-0.4, -0.2) is 43.7 Å². The number of rotatable bonds is 6. The third-order valence-electron chi connectivity index (χ3n) is 3.09. The van der Waals surface area contributed by atoms with Crippen LogP contribution in [0.1, 0.15) is 17.1 Å². The zero-order chi connectivity index (χ0) is 12.1. The molecule has 1 saturated heterocycles. The zero-order valence-corrected chi connectivity index (χ0v) is 11.4. The van der Waals surface area contributed by atoms with E-state index in [2.05, 4.69) is 20.6 Å². The molecule has 1 aliphatic heterocycles. The SMILES string of the molecule is CNCc1nc(CN2CCC(COC)C2)cs1. The van der Waals surface area contributed by atoms with Crippen LogP contribution in [0, 0.1) is 5.92 Å². The molecule has 1 aliphatic rings. The number of hydrogen-bond donors (Lipinski definition) is 1. The topological polar surface area (TPSA) is 37.4 Å². The summed E-state index contributed by atoms with van der Waals surface area (Å²) in [4.78, 5) is 7.09. The van der Waals surface area contributed by atoms with Crippen LogP contribution in [0.15, 0.2) is 5.38 Å². The number of hydrogen-bond acceptors (Lipinski definition) is 5. The lowest BCUT2D eigenvalue weighted by molar-refractivity contribution is 0.152. The predicted molar refractivity (Wildman–Crippen MR) is 70.1 cm³/mol. The Hall–Kier alpha value is -0.490. The summed E-state index contributed by atoms with van der Waals surface area (Å²) in [6, 6.07) is 0. The van der Waals surface area contributed by atoms with Gasteiger partial charge in [-0.15, -0.1) is 11.3 Å². The molecule has 17 heavy (non-hydrogen) atoms. The highest BCUT2D eigenvalue weighted by molar-refractivity contribution is 7.09. The van der Waals surface area contributed by atoms with Crippen LogP contribution in [-0.2, 0) is 17.8 Å². The van der Waals surface area contributed by atoms with Crippen LogP contribution < -0.4 is 5.32 Å². The van der Waals surface area contributed by atoms with Gasteiger partial charge in [-0.25, -0.2) is 4.98 Å². The Bertz CT molecular complexity index is 342. The maximum atomic E-state index is 5.21. The van der Waals surface area contributed by atoms with Crippen LogP contribution in [0.25, 0.3) is 0 Å². The zero-order valence-electron chi connectivity index (χ0n) is 10.6. The van der Waals surface area contributed by atoms with Crippen molar-refractivity contribution in [1.82, 2.24) is 15.2 Å². The minimum Gasteiger partial charge on any atom is -0.384 e. The van der Waals surface area contributed by atoms with Gasteiger partial charge < -0.3 is 10.1 Å². The quantitative estimate of drug-likeness (QED) is 0.832. The summed E-state index contributed by atoms with van der Waals surface area (Å²) in [5.74, 6) is 0.704. The van der Waals surface area contributed by atoms with Gasteiger partial charge in [-0.05, 0) is 25.9 Å². The molecule has 4 nitrogen and oxygen atoms in total. The van der Waals surface area contributed by atoms with Gasteiger partial charge in [-0.1, -0.05) is 0 Å². The first-order valence-corrected chi connectivity index (χ1v) is 6.99. The summed E-state index contributed by atoms with van der Waals surface area (Å²) < 4.78 is 5.21. The van der Waals surface area contributed by atoms with E-state index in [-0.39, 0.29) is 0 Å². The van der Waals surface area contributed by atoms with Gasteiger partial charge in [0.15, 0.2) is 0 Å². The molecule has 0 bridgehead atoms. The smallest absolute Gasteiger partial charge is 0.107 e. The fourth-order valence-corrected chi connectivity index (χ4v) is 3.11. The summed E-state index contributed by atoms with van der Waals surface area (Å²) in [6.07, 6.45) is 1.25. The van der Waals surface area contributed by atoms with Gasteiger partial charge in [0.1, 0.15) is 5.01 Å². The van der Waals surface area contributed by atoms with E-state index in [1.54, 1.807) is 18.4 Å². The van der Waals surface area contributed by atoms with Gasteiger partial charge in [0.2, 0.25) is 0 Å². The summed E-state index contributed by atoms with van der Waals surface area (Å²) in [5.41, 5.74) is 1.21. The Morgan fingerprint density at radius 1 is 1.65 bits per heavy atom. The Morgan fingerprint density at radius 2 is 2.53 bits per heavy atom. The maximum Gasteiger partial charge on any atom is 0.107 e. The predicted octanol–water partition coefficient (Wildman–Crippen LogP) is 1.33. The number of thiazole rings is 1. The number of nitrogens with zero attached hydrogens (tertiary/aromatic N) is 2. The Kier molecular flexibility index (Phi) is 4.91. The van der Waals surface area contributed by atoms with E-state index in [0.717, 1.165) is 26.2 Å². The number of likely N-dealkylation sites (tertiary alicyclic amines) is 1. The molecule has 0 aliphatic carbocycles. The maximum absolute atomic E-state index is 5.21. The Morgan fingerprint density at radius 3 is 3.29 bits per heavy atom. The molecule has 96 valence electrons. The van der Waals surface area contributed by atoms with Crippen molar-refractivity contribution in [1.29, 1.82) is 0 Å². The van der Waals surface area contributed by atoms with E-state index in [1.165, 1.54) is 23.7 Å². The Labute approximate surface area is 107 Å². The second-order valence-electron chi connectivity index (χ2n) is 4.61. The van der Waals surface area contributed by atoms with E-state index in [0.29, 0.717) is 5.92 Å². The van der Waals surface area contributed by atoms with Gasteiger partial charge in [0.25, 0.3) is 0 Å². The van der Waals surface area contributed by atoms with Crippen molar-refractivity contribution in [3.8, 4) is 0 Å². The first-order valence-electron chi connectivity index (χ1n) is 6.11. The number of ether oxygens (including phenoxy) is 1. The molecule has 1 aromatic rings. The normalized spacial score (nSPS) is 21.2. The van der Waals surface area contributed by atoms with E-state index in [1.807, 2.05) is 7.05 Å². The molecule has 0 spiro atoms. The van der Waals surface area contributed by atoms with Crippen LogP contribution in [0.4, 0.5) is 0 Å². The molecule has 1 N–H and O–H groups in total. The second-order valence-corrected chi connectivity index (χ2v) is 5.55. The first-order chi connectivity index (χ1) is 8.31. The van der Waals surface area contributed by atoms with Crippen molar-refractivity contribution in [2.24, 2.45) is 5.92 Å². The van der Waals surface area contributed by atoms with E-state index in [9.17, 15) is 0 Å². The minimum atomic E-state index is 0.704. The summed E-state index contributed by atoms with van der Waals surface area (Å²) in [7, 11) is 3.74. The molecule has 0 amide bonds. The largest absolute Gasteiger partial charge is 0.384 e. The third-order valence-corrected chi connectivity index (χ3v) is 3.98. The molecule has 5 heteroatoms. The van der Waals surface area contributed by atoms with Gasteiger partial charge in [-0.2, -0.15) is 0 Å². The highest BCUT2D eigenvalue weighted by Crippen LogP contribution is 2.19. The standard InChI is InChI=1S/C12H21N3OS/c1-13-5-12-14-11(9-17-12)7-15-4-3-10(6-15)8-16-2/h9-10,13H,3-8H2,1-2H3. The lowest BCUT2D eigenvalue weighted by Crippen LogP contribution is -2.21. The van der Waals surface area contributed by atoms with Gasteiger partial charge in [-0.3, -0.25) is 4.90 Å². The second kappa shape index (κ2) is 6.44. The summed E-state index contributed by atoms with van der Waals surface area (Å²) in [6.45, 7) is 5.07. The highest BCUT2D eigenvalue weighted by Gasteiger charge is 2.22. The van der Waals surface area contributed by atoms with Crippen molar-refractivity contribution < 1.29 is 4.74 Å². The molecule has 1 unspecified atom stereocenters. The average Bonchev–Trinajstić information content (AvgIpc) is 2.91. The summed E-state index contributed by atoms with van der Waals surface area (Å²) in [5, 5.41) is 6.49. The molecule has 2 rings (SSSR count). The van der Waals surface area contributed by atoms with Crippen molar-refractivity contribution >= 4 is 11.3 Å². The van der Waals surface area contributed by atoms with Crippen LogP contribution in [0.2, 0.25) is 0 Å². The van der Waals surface area contributed by atoms with E-state index >= 15 is 0 Å². The van der Waals surface area contributed by atoms with Crippen molar-refractivity contribution in [3.63, 3.8) is 0 Å². The van der Waals surface area contributed by atoms with E-state index < -0.39 is 0 Å². The number of aromatic nitrogens is 1. The minimum absolute atomic E-state index is 0.704. The third kappa shape index (κ3) is 3.74. The monoisotopic (exact) mass is 255 g/mol. The molecule has 0 radical (unpaired) electrons. The fraction of sp³-hybridized carbons (Fsp3) is 0.750. The number of methoxy groups -OCH3 is 1. The molecule has 1 fully saturated rings. The lowest BCUT2D eigenvalue weighted by atomic mass is 10.1.